The van der Waals surface area contributed by atoms with Crippen molar-refractivity contribution in [2.24, 2.45) is 5.92 Å². The van der Waals surface area contributed by atoms with E-state index in [1.807, 2.05) is 0 Å². The first-order chi connectivity index (χ1) is 8.42. The highest BCUT2D eigenvalue weighted by Gasteiger charge is 2.55. The van der Waals surface area contributed by atoms with Gasteiger partial charge in [-0.25, -0.2) is 12.8 Å². The Morgan fingerprint density at radius 3 is 2.28 bits per heavy atom. The molecule has 1 aromatic carbocycles. The topological polar surface area (TPSA) is 57.6 Å². The maximum atomic E-state index is 12.8. The van der Waals surface area contributed by atoms with E-state index in [4.69, 9.17) is 0 Å². The molecule has 3 rings (SSSR count). The lowest BCUT2D eigenvalue weighted by molar-refractivity contribution is -0.0764. The van der Waals surface area contributed by atoms with Crippen LogP contribution in [0.5, 0.6) is 0 Å². The minimum atomic E-state index is -3.59. The fourth-order valence-corrected chi connectivity index (χ4v) is 3.93. The largest absolute Gasteiger partial charge is 0.387 e. The summed E-state index contributed by atoms with van der Waals surface area (Å²) in [5, 5.41) is 10.1. The Balaban J connectivity index is 1.78. The number of hydrogen-bond donors (Lipinski definition) is 1. The first kappa shape index (κ1) is 12.1. The number of aliphatic hydroxyl groups is 1. The Hall–Kier alpha value is -0.980. The van der Waals surface area contributed by atoms with E-state index in [9.17, 15) is 17.9 Å². The molecule has 2 fully saturated rings. The molecular formula is C12H14FNO3S. The molecule has 98 valence electrons. The predicted octanol–water partition coefficient (Wildman–Crippen LogP) is 0.971. The summed E-state index contributed by atoms with van der Waals surface area (Å²) in [6.07, 6.45) is 1.95. The van der Waals surface area contributed by atoms with Gasteiger partial charge < -0.3 is 5.11 Å². The molecule has 0 aromatic heterocycles. The summed E-state index contributed by atoms with van der Waals surface area (Å²) < 4.78 is 38.3. The highest BCUT2D eigenvalue weighted by molar-refractivity contribution is 7.89. The molecule has 1 saturated carbocycles. The summed E-state index contributed by atoms with van der Waals surface area (Å²) in [6.45, 7) is 0.300. The van der Waals surface area contributed by atoms with Gasteiger partial charge in [0.2, 0.25) is 10.0 Å². The molecule has 1 aliphatic carbocycles. The quantitative estimate of drug-likeness (QED) is 0.891. The van der Waals surface area contributed by atoms with Crippen LogP contribution in [0.25, 0.3) is 0 Å². The smallest absolute Gasteiger partial charge is 0.243 e. The van der Waals surface area contributed by atoms with E-state index in [1.54, 1.807) is 0 Å². The van der Waals surface area contributed by atoms with E-state index in [0.29, 0.717) is 0 Å². The third kappa shape index (κ3) is 1.84. The second kappa shape index (κ2) is 3.76. The molecule has 0 amide bonds. The van der Waals surface area contributed by atoms with Crippen molar-refractivity contribution in [2.45, 2.75) is 23.3 Å². The minimum absolute atomic E-state index is 0.0711. The second-order valence-electron chi connectivity index (χ2n) is 5.10. The fourth-order valence-electron chi connectivity index (χ4n) is 2.37. The number of halogens is 1. The van der Waals surface area contributed by atoms with Crippen LogP contribution in [0.1, 0.15) is 12.8 Å². The predicted molar refractivity (Wildman–Crippen MR) is 62.8 cm³/mol. The van der Waals surface area contributed by atoms with E-state index in [0.717, 1.165) is 25.0 Å². The first-order valence-corrected chi connectivity index (χ1v) is 7.34. The van der Waals surface area contributed by atoms with Crippen LogP contribution in [-0.4, -0.2) is 36.5 Å². The van der Waals surface area contributed by atoms with Gasteiger partial charge in [0.15, 0.2) is 0 Å². The minimum Gasteiger partial charge on any atom is -0.387 e. The highest BCUT2D eigenvalue weighted by atomic mass is 32.2. The molecule has 2 aliphatic rings. The summed E-state index contributed by atoms with van der Waals surface area (Å²) in [5.74, 6) is -0.218. The van der Waals surface area contributed by atoms with E-state index in [-0.39, 0.29) is 23.9 Å². The van der Waals surface area contributed by atoms with Crippen LogP contribution in [0.3, 0.4) is 0 Å². The van der Waals surface area contributed by atoms with Crippen molar-refractivity contribution in [1.82, 2.24) is 4.31 Å². The van der Waals surface area contributed by atoms with Crippen molar-refractivity contribution in [1.29, 1.82) is 0 Å². The summed E-state index contributed by atoms with van der Waals surface area (Å²) in [4.78, 5) is 0.0711. The zero-order valence-electron chi connectivity index (χ0n) is 9.71. The van der Waals surface area contributed by atoms with Crippen LogP contribution in [-0.2, 0) is 10.0 Å². The van der Waals surface area contributed by atoms with Gasteiger partial charge in [0.25, 0.3) is 0 Å². The lowest BCUT2D eigenvalue weighted by atomic mass is 9.91. The van der Waals surface area contributed by atoms with Crippen molar-refractivity contribution in [3.05, 3.63) is 30.1 Å². The average molecular weight is 271 g/mol. The fraction of sp³-hybridized carbons (Fsp3) is 0.500. The molecule has 4 nitrogen and oxygen atoms in total. The second-order valence-corrected chi connectivity index (χ2v) is 7.04. The number of β-amino-alcohol motifs (C(OH)–C–C–N with tert-alkyl or cyclic N) is 1. The summed E-state index contributed by atoms with van der Waals surface area (Å²) >= 11 is 0. The Morgan fingerprint density at radius 1 is 1.22 bits per heavy atom. The van der Waals surface area contributed by atoms with Gasteiger partial charge in [0.1, 0.15) is 5.82 Å². The van der Waals surface area contributed by atoms with E-state index in [2.05, 4.69) is 0 Å². The van der Waals surface area contributed by atoms with Gasteiger partial charge in [-0.2, -0.15) is 4.31 Å². The van der Waals surface area contributed by atoms with E-state index in [1.165, 1.54) is 16.4 Å². The van der Waals surface area contributed by atoms with Gasteiger partial charge >= 0.3 is 0 Å². The Bertz CT molecular complexity index is 559. The number of sulfonamides is 1. The summed E-state index contributed by atoms with van der Waals surface area (Å²) in [6, 6.07) is 4.75. The third-order valence-corrected chi connectivity index (χ3v) is 5.49. The molecule has 1 saturated heterocycles. The molecule has 1 N–H and O–H groups in total. The average Bonchev–Trinajstić information content (AvgIpc) is 3.09. The molecule has 0 bridgehead atoms. The van der Waals surface area contributed by atoms with Crippen LogP contribution < -0.4 is 0 Å². The standard InChI is InChI=1S/C12H14FNO3S/c13-10-3-5-11(6-4-10)18(16,17)14-7-12(15,8-14)9-1-2-9/h3-6,9,15H,1-2,7-8H2. The lowest BCUT2D eigenvalue weighted by Gasteiger charge is -2.45. The van der Waals surface area contributed by atoms with Crippen LogP contribution in [0, 0.1) is 11.7 Å². The van der Waals surface area contributed by atoms with Crippen molar-refractivity contribution >= 4 is 10.0 Å². The monoisotopic (exact) mass is 271 g/mol. The molecule has 0 atom stereocenters. The molecule has 1 aromatic rings. The van der Waals surface area contributed by atoms with Crippen LogP contribution in [0.2, 0.25) is 0 Å². The van der Waals surface area contributed by atoms with Gasteiger partial charge in [-0.3, -0.25) is 0 Å². The normalized spacial score (nSPS) is 23.7. The number of benzene rings is 1. The Kier molecular flexibility index (Phi) is 2.52. The van der Waals surface area contributed by atoms with Crippen LogP contribution in [0.4, 0.5) is 4.39 Å². The van der Waals surface area contributed by atoms with E-state index < -0.39 is 21.4 Å². The lowest BCUT2D eigenvalue weighted by Crippen LogP contribution is -2.64. The van der Waals surface area contributed by atoms with Crippen LogP contribution >= 0.6 is 0 Å². The number of rotatable bonds is 3. The van der Waals surface area contributed by atoms with Crippen molar-refractivity contribution in [2.75, 3.05) is 13.1 Å². The zero-order chi connectivity index (χ0) is 13.0. The Labute approximate surface area is 105 Å². The first-order valence-electron chi connectivity index (χ1n) is 5.90. The van der Waals surface area contributed by atoms with Crippen LogP contribution in [0.15, 0.2) is 29.2 Å². The molecule has 0 unspecified atom stereocenters. The molecular weight excluding hydrogens is 257 g/mol. The van der Waals surface area contributed by atoms with Gasteiger partial charge in [-0.1, -0.05) is 0 Å². The third-order valence-electron chi connectivity index (χ3n) is 3.69. The van der Waals surface area contributed by atoms with Gasteiger partial charge in [-0.05, 0) is 43.0 Å². The Morgan fingerprint density at radius 2 is 1.78 bits per heavy atom. The maximum absolute atomic E-state index is 12.8. The van der Waals surface area contributed by atoms with E-state index >= 15 is 0 Å². The summed E-state index contributed by atoms with van der Waals surface area (Å²) in [7, 11) is -3.59. The molecule has 1 heterocycles. The van der Waals surface area contributed by atoms with Gasteiger partial charge in [0, 0.05) is 13.1 Å². The van der Waals surface area contributed by atoms with Crippen molar-refractivity contribution in [3.8, 4) is 0 Å². The van der Waals surface area contributed by atoms with Crippen molar-refractivity contribution < 1.29 is 17.9 Å². The molecule has 6 heteroatoms. The molecule has 18 heavy (non-hydrogen) atoms. The number of hydrogen-bond acceptors (Lipinski definition) is 3. The molecule has 0 radical (unpaired) electrons. The highest BCUT2D eigenvalue weighted by Crippen LogP contribution is 2.45. The maximum Gasteiger partial charge on any atom is 0.243 e. The van der Waals surface area contributed by atoms with Crippen molar-refractivity contribution in [3.63, 3.8) is 0 Å². The summed E-state index contributed by atoms with van der Waals surface area (Å²) in [5.41, 5.74) is -0.840. The molecule has 0 spiro atoms. The SMILES string of the molecule is O=S(=O)(c1ccc(F)cc1)N1CC(O)(C2CC2)C1. The van der Waals surface area contributed by atoms with Gasteiger partial charge in [-0.15, -0.1) is 0 Å². The van der Waals surface area contributed by atoms with Gasteiger partial charge in [0.05, 0.1) is 10.5 Å². The molecule has 1 aliphatic heterocycles. The zero-order valence-corrected chi connectivity index (χ0v) is 10.5. The number of nitrogens with zero attached hydrogens (tertiary/aromatic N) is 1.